The van der Waals surface area contributed by atoms with Gasteiger partial charge >= 0.3 is 0 Å². The number of sulfone groups is 1. The molecule has 118 valence electrons. The maximum atomic E-state index is 13.5. The zero-order valence-corrected chi connectivity index (χ0v) is 13.8. The minimum atomic E-state index is -2.92. The van der Waals surface area contributed by atoms with Gasteiger partial charge in [0.25, 0.3) is 0 Å². The average Bonchev–Trinajstić information content (AvgIpc) is 2.72. The van der Waals surface area contributed by atoms with Gasteiger partial charge in [0, 0.05) is 6.04 Å². The van der Waals surface area contributed by atoms with Gasteiger partial charge in [0.1, 0.15) is 5.82 Å². The predicted octanol–water partition coefficient (Wildman–Crippen LogP) is 2.92. The van der Waals surface area contributed by atoms with Crippen LogP contribution in [0.5, 0.6) is 0 Å². The highest BCUT2D eigenvalue weighted by molar-refractivity contribution is 7.91. The molecule has 5 heteroatoms. The molecule has 0 aliphatic carbocycles. The van der Waals surface area contributed by atoms with Gasteiger partial charge in [-0.05, 0) is 68.0 Å². The molecule has 1 fully saturated rings. The van der Waals surface area contributed by atoms with Crippen molar-refractivity contribution in [2.45, 2.75) is 39.7 Å². The Morgan fingerprint density at radius 2 is 1.95 bits per heavy atom. The van der Waals surface area contributed by atoms with Gasteiger partial charge in [-0.1, -0.05) is 6.92 Å². The van der Waals surface area contributed by atoms with Gasteiger partial charge in [0.2, 0.25) is 0 Å². The third kappa shape index (κ3) is 3.83. The molecule has 0 aromatic heterocycles. The lowest BCUT2D eigenvalue weighted by atomic mass is 9.87. The SMILES string of the molecule is CCCNC(c1c(C)cc(F)cc1C)C1CCS(=O)(=O)C1. The first kappa shape index (κ1) is 16.4. The number of halogens is 1. The van der Waals surface area contributed by atoms with E-state index in [0.29, 0.717) is 6.42 Å². The fourth-order valence-corrected chi connectivity index (χ4v) is 5.14. The van der Waals surface area contributed by atoms with E-state index in [4.69, 9.17) is 0 Å². The lowest BCUT2D eigenvalue weighted by molar-refractivity contribution is 0.389. The number of hydrogen-bond donors (Lipinski definition) is 1. The van der Waals surface area contributed by atoms with Crippen molar-refractivity contribution in [1.82, 2.24) is 5.32 Å². The quantitative estimate of drug-likeness (QED) is 0.909. The van der Waals surface area contributed by atoms with Crippen molar-refractivity contribution in [2.75, 3.05) is 18.1 Å². The molecule has 1 aromatic rings. The molecule has 0 radical (unpaired) electrons. The molecule has 0 spiro atoms. The second-order valence-corrected chi connectivity index (χ2v) is 8.28. The van der Waals surface area contributed by atoms with E-state index in [9.17, 15) is 12.8 Å². The van der Waals surface area contributed by atoms with Gasteiger partial charge in [0.05, 0.1) is 11.5 Å². The van der Waals surface area contributed by atoms with Crippen LogP contribution in [0.2, 0.25) is 0 Å². The van der Waals surface area contributed by atoms with Crippen molar-refractivity contribution >= 4 is 9.84 Å². The molecule has 0 bridgehead atoms. The maximum absolute atomic E-state index is 13.5. The van der Waals surface area contributed by atoms with E-state index in [1.807, 2.05) is 13.8 Å². The molecule has 3 nitrogen and oxygen atoms in total. The summed E-state index contributed by atoms with van der Waals surface area (Å²) in [6, 6.07) is 3.06. The number of hydrogen-bond acceptors (Lipinski definition) is 3. The Morgan fingerprint density at radius 1 is 1.33 bits per heavy atom. The molecule has 1 aliphatic rings. The van der Waals surface area contributed by atoms with Crippen molar-refractivity contribution in [2.24, 2.45) is 5.92 Å². The Balaban J connectivity index is 2.37. The fraction of sp³-hybridized carbons (Fsp3) is 0.625. The molecule has 2 rings (SSSR count). The fourth-order valence-electron chi connectivity index (χ4n) is 3.30. The van der Waals surface area contributed by atoms with Crippen LogP contribution in [0, 0.1) is 25.6 Å². The Morgan fingerprint density at radius 3 is 2.43 bits per heavy atom. The Hall–Kier alpha value is -0.940. The molecule has 2 unspecified atom stereocenters. The summed E-state index contributed by atoms with van der Waals surface area (Å²) in [5.74, 6) is 0.331. The van der Waals surface area contributed by atoms with Crippen LogP contribution in [0.1, 0.15) is 42.5 Å². The summed E-state index contributed by atoms with van der Waals surface area (Å²) in [6.45, 7) is 6.71. The molecule has 1 aromatic carbocycles. The zero-order chi connectivity index (χ0) is 15.6. The molecule has 2 atom stereocenters. The van der Waals surface area contributed by atoms with Crippen molar-refractivity contribution in [3.05, 3.63) is 34.6 Å². The van der Waals surface area contributed by atoms with Crippen LogP contribution in [-0.2, 0) is 9.84 Å². The van der Waals surface area contributed by atoms with Crippen LogP contribution in [0.4, 0.5) is 4.39 Å². The van der Waals surface area contributed by atoms with Crippen molar-refractivity contribution in [3.8, 4) is 0 Å². The molecule has 21 heavy (non-hydrogen) atoms. The van der Waals surface area contributed by atoms with Gasteiger partial charge < -0.3 is 5.32 Å². The predicted molar refractivity (Wildman–Crippen MR) is 83.7 cm³/mol. The first-order valence-electron chi connectivity index (χ1n) is 7.54. The van der Waals surface area contributed by atoms with Crippen LogP contribution < -0.4 is 5.32 Å². The minimum Gasteiger partial charge on any atom is -0.310 e. The topological polar surface area (TPSA) is 46.2 Å². The highest BCUT2D eigenvalue weighted by Gasteiger charge is 2.35. The smallest absolute Gasteiger partial charge is 0.150 e. The van der Waals surface area contributed by atoms with Crippen LogP contribution in [0.3, 0.4) is 0 Å². The molecule has 1 heterocycles. The van der Waals surface area contributed by atoms with E-state index in [1.54, 1.807) is 0 Å². The summed E-state index contributed by atoms with van der Waals surface area (Å²) in [6.07, 6.45) is 1.66. The minimum absolute atomic E-state index is 0.0113. The van der Waals surface area contributed by atoms with Gasteiger partial charge in [-0.2, -0.15) is 0 Å². The number of rotatable bonds is 5. The lowest BCUT2D eigenvalue weighted by Gasteiger charge is -2.27. The highest BCUT2D eigenvalue weighted by Crippen LogP contribution is 2.35. The average molecular weight is 313 g/mol. The van der Waals surface area contributed by atoms with Crippen LogP contribution in [0.15, 0.2) is 12.1 Å². The van der Waals surface area contributed by atoms with Crippen molar-refractivity contribution in [1.29, 1.82) is 0 Å². The Labute approximate surface area is 126 Å². The second-order valence-electron chi connectivity index (χ2n) is 6.05. The van der Waals surface area contributed by atoms with Gasteiger partial charge in [-0.15, -0.1) is 0 Å². The van der Waals surface area contributed by atoms with Gasteiger partial charge in [0.15, 0.2) is 9.84 Å². The van der Waals surface area contributed by atoms with Gasteiger partial charge in [-0.3, -0.25) is 0 Å². The molecule has 1 aliphatic heterocycles. The van der Waals surface area contributed by atoms with Crippen molar-refractivity contribution < 1.29 is 12.8 Å². The molecular weight excluding hydrogens is 289 g/mol. The van der Waals surface area contributed by atoms with E-state index in [2.05, 4.69) is 12.2 Å². The van der Waals surface area contributed by atoms with E-state index >= 15 is 0 Å². The third-order valence-electron chi connectivity index (χ3n) is 4.22. The molecule has 1 saturated heterocycles. The molecule has 1 N–H and O–H groups in total. The van der Waals surface area contributed by atoms with Crippen LogP contribution in [0.25, 0.3) is 0 Å². The number of aryl methyl sites for hydroxylation is 2. The highest BCUT2D eigenvalue weighted by atomic mass is 32.2. The monoisotopic (exact) mass is 313 g/mol. The summed E-state index contributed by atoms with van der Waals surface area (Å²) >= 11 is 0. The standard InChI is InChI=1S/C16H24FNO2S/c1-4-6-18-16(13-5-7-21(19,20)10-13)15-11(2)8-14(17)9-12(15)3/h8-9,13,16,18H,4-7,10H2,1-3H3. The molecular formula is C16H24FNO2S. The third-order valence-corrected chi connectivity index (χ3v) is 6.02. The van der Waals surface area contributed by atoms with E-state index in [1.165, 1.54) is 12.1 Å². The second kappa shape index (κ2) is 6.44. The number of benzene rings is 1. The van der Waals surface area contributed by atoms with Gasteiger partial charge in [-0.25, -0.2) is 12.8 Å². The summed E-state index contributed by atoms with van der Waals surface area (Å²) in [5, 5.41) is 3.48. The molecule has 0 amide bonds. The summed E-state index contributed by atoms with van der Waals surface area (Å²) in [5.41, 5.74) is 2.85. The number of nitrogens with one attached hydrogen (secondary N) is 1. The first-order chi connectivity index (χ1) is 9.84. The first-order valence-corrected chi connectivity index (χ1v) is 9.36. The van der Waals surface area contributed by atoms with Crippen molar-refractivity contribution in [3.63, 3.8) is 0 Å². The summed E-state index contributed by atoms with van der Waals surface area (Å²) < 4.78 is 37.1. The normalized spacial score (nSPS) is 22.4. The van der Waals surface area contributed by atoms with E-state index in [0.717, 1.165) is 29.7 Å². The molecule has 0 saturated carbocycles. The zero-order valence-electron chi connectivity index (χ0n) is 12.9. The summed E-state index contributed by atoms with van der Waals surface area (Å²) in [7, 11) is -2.92. The Kier molecular flexibility index (Phi) is 5.04. The Bertz CT molecular complexity index is 590. The van der Waals surface area contributed by atoms with E-state index in [-0.39, 0.29) is 29.3 Å². The summed E-state index contributed by atoms with van der Waals surface area (Å²) in [4.78, 5) is 0. The largest absolute Gasteiger partial charge is 0.310 e. The van der Waals surface area contributed by atoms with Crippen LogP contribution in [-0.4, -0.2) is 26.5 Å². The van der Waals surface area contributed by atoms with Crippen LogP contribution >= 0.6 is 0 Å². The van der Waals surface area contributed by atoms with E-state index < -0.39 is 9.84 Å². The lowest BCUT2D eigenvalue weighted by Crippen LogP contribution is -2.31. The maximum Gasteiger partial charge on any atom is 0.150 e.